The molecule has 0 spiro atoms. The zero-order valence-corrected chi connectivity index (χ0v) is 16.6. The Labute approximate surface area is 165 Å². The number of Topliss-reactive ketones (excluding diaryl/α,β-unsaturated/α-hetero) is 1. The Balaban J connectivity index is 1.27. The van der Waals surface area contributed by atoms with Gasteiger partial charge in [0, 0.05) is 68.1 Å². The normalized spacial score (nSPS) is 18.9. The highest BCUT2D eigenvalue weighted by molar-refractivity contribution is 5.89. The number of benzene rings is 1. The molecule has 0 amide bonds. The molecule has 3 aromatic rings. The fraction of sp³-hybridized carbons (Fsp3) is 0.435. The van der Waals surface area contributed by atoms with Crippen LogP contribution in [0.3, 0.4) is 0 Å². The fourth-order valence-corrected chi connectivity index (χ4v) is 4.17. The van der Waals surface area contributed by atoms with E-state index in [1.54, 1.807) is 0 Å². The van der Waals surface area contributed by atoms with Crippen LogP contribution in [0.2, 0.25) is 0 Å². The summed E-state index contributed by atoms with van der Waals surface area (Å²) in [5.74, 6) is 0.508. The average molecular weight is 374 g/mol. The van der Waals surface area contributed by atoms with Gasteiger partial charge >= 0.3 is 0 Å². The van der Waals surface area contributed by atoms with Gasteiger partial charge in [0.05, 0.1) is 6.20 Å². The van der Waals surface area contributed by atoms with E-state index in [4.69, 9.17) is 0 Å². The van der Waals surface area contributed by atoms with E-state index < -0.39 is 0 Å². The van der Waals surface area contributed by atoms with Crippen LogP contribution in [0.5, 0.6) is 0 Å². The van der Waals surface area contributed by atoms with Crippen molar-refractivity contribution in [3.05, 3.63) is 48.5 Å². The van der Waals surface area contributed by atoms with Crippen molar-refractivity contribution in [2.24, 2.45) is 18.4 Å². The van der Waals surface area contributed by atoms with Crippen LogP contribution >= 0.6 is 0 Å². The first-order valence-electron chi connectivity index (χ1n) is 10.1. The van der Waals surface area contributed by atoms with Crippen LogP contribution in [0.1, 0.15) is 25.5 Å². The van der Waals surface area contributed by atoms with Gasteiger partial charge in [-0.1, -0.05) is 19.1 Å². The lowest BCUT2D eigenvalue weighted by molar-refractivity contribution is -0.127. The summed E-state index contributed by atoms with van der Waals surface area (Å²) in [5, 5.41) is 6.47. The number of aryl methyl sites for hydroxylation is 1. The Bertz CT molecular complexity index is 1040. The number of carbonyl (C=O) groups excluding carboxylic acids is 1. The van der Waals surface area contributed by atoms with Crippen LogP contribution in [0.15, 0.2) is 42.9 Å². The quantitative estimate of drug-likeness (QED) is 0.663. The molecule has 0 N–H and O–H groups in total. The van der Waals surface area contributed by atoms with Gasteiger partial charge < -0.3 is 4.90 Å². The largest absolute Gasteiger partial charge is 0.301 e. The smallest absolute Gasteiger partial charge is 0.144 e. The van der Waals surface area contributed by atoms with Gasteiger partial charge in [-0.2, -0.15) is 5.10 Å². The molecule has 1 aliphatic carbocycles. The topological polar surface area (TPSA) is 51.0 Å². The maximum Gasteiger partial charge on any atom is 0.144 e. The van der Waals surface area contributed by atoms with Crippen molar-refractivity contribution < 1.29 is 4.79 Å². The van der Waals surface area contributed by atoms with Gasteiger partial charge in [0.25, 0.3) is 0 Å². The Morgan fingerprint density at radius 2 is 1.96 bits per heavy atom. The molecule has 0 atom stereocenters. The molecular formula is C23H26N4O. The lowest BCUT2D eigenvalue weighted by Gasteiger charge is -2.40. The second-order valence-corrected chi connectivity index (χ2v) is 8.99. The molecule has 2 aromatic heterocycles. The molecule has 3 heterocycles. The minimum absolute atomic E-state index is 0.182. The molecule has 0 unspecified atom stereocenters. The van der Waals surface area contributed by atoms with E-state index in [1.165, 1.54) is 12.8 Å². The molecule has 1 saturated heterocycles. The SMILES string of the molecule is Cn1cc(-c2ccc3cnc(CC(=O)C4CN(CC5(C)CC5)C4)cc3c2)cn1. The number of fused-ring (bicyclic) bond motifs is 1. The minimum atomic E-state index is 0.182. The molecule has 2 aliphatic rings. The van der Waals surface area contributed by atoms with Crippen molar-refractivity contribution in [1.82, 2.24) is 19.7 Å². The lowest BCUT2D eigenvalue weighted by Crippen LogP contribution is -2.52. The zero-order chi connectivity index (χ0) is 19.3. The van der Waals surface area contributed by atoms with Gasteiger partial charge in [-0.3, -0.25) is 14.5 Å². The van der Waals surface area contributed by atoms with Gasteiger partial charge in [0.2, 0.25) is 0 Å². The van der Waals surface area contributed by atoms with E-state index in [0.717, 1.165) is 47.2 Å². The van der Waals surface area contributed by atoms with Crippen molar-refractivity contribution >= 4 is 16.6 Å². The first kappa shape index (κ1) is 17.6. The maximum atomic E-state index is 12.7. The number of likely N-dealkylation sites (tertiary alicyclic amines) is 1. The Hall–Kier alpha value is -2.53. The molecule has 5 heteroatoms. The first-order valence-corrected chi connectivity index (χ1v) is 10.1. The predicted molar refractivity (Wildman–Crippen MR) is 110 cm³/mol. The van der Waals surface area contributed by atoms with Crippen molar-refractivity contribution in [2.75, 3.05) is 19.6 Å². The summed E-state index contributed by atoms with van der Waals surface area (Å²) in [5.41, 5.74) is 3.62. The summed E-state index contributed by atoms with van der Waals surface area (Å²) < 4.78 is 1.81. The molecule has 1 aromatic carbocycles. The Kier molecular flexibility index (Phi) is 4.09. The maximum absolute atomic E-state index is 12.7. The summed E-state index contributed by atoms with van der Waals surface area (Å²) in [7, 11) is 1.92. The van der Waals surface area contributed by atoms with Crippen LogP contribution < -0.4 is 0 Å². The number of hydrogen-bond donors (Lipinski definition) is 0. The van der Waals surface area contributed by atoms with Gasteiger partial charge in [-0.05, 0) is 41.3 Å². The van der Waals surface area contributed by atoms with Gasteiger partial charge in [-0.25, -0.2) is 0 Å². The summed E-state index contributed by atoms with van der Waals surface area (Å²) >= 11 is 0. The van der Waals surface area contributed by atoms with Crippen molar-refractivity contribution in [2.45, 2.75) is 26.2 Å². The van der Waals surface area contributed by atoms with E-state index in [0.29, 0.717) is 17.6 Å². The third-order valence-corrected chi connectivity index (χ3v) is 6.29. The second kappa shape index (κ2) is 6.52. The van der Waals surface area contributed by atoms with Gasteiger partial charge in [0.15, 0.2) is 0 Å². The lowest BCUT2D eigenvalue weighted by atomic mass is 9.90. The van der Waals surface area contributed by atoms with Crippen LogP contribution in [0, 0.1) is 11.3 Å². The molecular weight excluding hydrogens is 348 g/mol. The summed E-state index contributed by atoms with van der Waals surface area (Å²) in [6.45, 7) is 5.35. The van der Waals surface area contributed by atoms with E-state index in [1.807, 2.05) is 30.3 Å². The number of nitrogens with zero attached hydrogens (tertiary/aromatic N) is 4. The number of hydrogen-bond acceptors (Lipinski definition) is 4. The van der Waals surface area contributed by atoms with Gasteiger partial charge in [-0.15, -0.1) is 0 Å². The third-order valence-electron chi connectivity index (χ3n) is 6.29. The number of aromatic nitrogens is 3. The molecule has 28 heavy (non-hydrogen) atoms. The average Bonchev–Trinajstić information content (AvgIpc) is 3.21. The highest BCUT2D eigenvalue weighted by Crippen LogP contribution is 2.46. The van der Waals surface area contributed by atoms with Gasteiger partial charge in [0.1, 0.15) is 5.78 Å². The highest BCUT2D eigenvalue weighted by atomic mass is 16.1. The molecule has 1 saturated carbocycles. The molecule has 0 bridgehead atoms. The van der Waals surface area contributed by atoms with E-state index in [9.17, 15) is 4.79 Å². The van der Waals surface area contributed by atoms with Crippen LogP contribution in [0.4, 0.5) is 0 Å². The zero-order valence-electron chi connectivity index (χ0n) is 16.6. The fourth-order valence-electron chi connectivity index (χ4n) is 4.17. The van der Waals surface area contributed by atoms with Crippen molar-refractivity contribution in [3.63, 3.8) is 0 Å². The predicted octanol–water partition coefficient (Wildman–Crippen LogP) is 3.48. The number of pyridine rings is 1. The molecule has 5 nitrogen and oxygen atoms in total. The Morgan fingerprint density at radius 3 is 2.68 bits per heavy atom. The standard InChI is InChI=1S/C23H26N4O/c1-23(5-6-23)15-27-13-20(14-27)22(28)9-21-8-18-7-16(3-4-17(18)10-24-21)19-11-25-26(2)12-19/h3-4,7-8,10-12,20H,5-6,9,13-15H2,1-2H3. The third kappa shape index (κ3) is 3.47. The molecule has 1 aliphatic heterocycles. The minimum Gasteiger partial charge on any atom is -0.301 e. The Morgan fingerprint density at radius 1 is 1.14 bits per heavy atom. The molecule has 144 valence electrons. The monoisotopic (exact) mass is 374 g/mol. The summed E-state index contributed by atoms with van der Waals surface area (Å²) in [4.78, 5) is 19.6. The van der Waals surface area contributed by atoms with Crippen LogP contribution in [-0.4, -0.2) is 45.1 Å². The highest BCUT2D eigenvalue weighted by Gasteiger charge is 2.42. The van der Waals surface area contributed by atoms with E-state index >= 15 is 0 Å². The van der Waals surface area contributed by atoms with Crippen LogP contribution in [0.25, 0.3) is 21.9 Å². The van der Waals surface area contributed by atoms with Crippen LogP contribution in [-0.2, 0) is 18.3 Å². The van der Waals surface area contributed by atoms with Crippen molar-refractivity contribution in [1.29, 1.82) is 0 Å². The first-order chi connectivity index (χ1) is 13.5. The molecule has 2 fully saturated rings. The number of carbonyl (C=O) groups is 1. The summed E-state index contributed by atoms with van der Waals surface area (Å²) in [6, 6.07) is 8.39. The number of rotatable bonds is 6. The second-order valence-electron chi connectivity index (χ2n) is 8.99. The van der Waals surface area contributed by atoms with E-state index in [-0.39, 0.29) is 5.92 Å². The molecule has 5 rings (SSSR count). The summed E-state index contributed by atoms with van der Waals surface area (Å²) in [6.07, 6.45) is 8.87. The molecule has 0 radical (unpaired) electrons. The van der Waals surface area contributed by atoms with E-state index in [2.05, 4.69) is 46.2 Å². The number of ketones is 1. The van der Waals surface area contributed by atoms with Crippen molar-refractivity contribution in [3.8, 4) is 11.1 Å².